The molecule has 14 aromatic carbocycles. The van der Waals surface area contributed by atoms with Crippen LogP contribution in [0.5, 0.6) is 5.75 Å². The van der Waals surface area contributed by atoms with Crippen LogP contribution in [-0.2, 0) is 74.1 Å². The number of esters is 2. The molecular weight excluding hydrogens is 2290 g/mol. The van der Waals surface area contributed by atoms with Gasteiger partial charge in [0.15, 0.2) is 17.2 Å². The van der Waals surface area contributed by atoms with Crippen molar-refractivity contribution < 1.29 is 58.7 Å². The van der Waals surface area contributed by atoms with Crippen LogP contribution in [0.4, 0.5) is 0 Å². The number of pyridine rings is 1. The number of aryl methyl sites for hydroxylation is 8. The lowest BCUT2D eigenvalue weighted by Gasteiger charge is -2.45. The van der Waals surface area contributed by atoms with E-state index >= 15 is 0 Å². The molecule has 728 valence electrons. The topological polar surface area (TPSA) is 230 Å². The molecule has 2 heterocycles. The molecule has 0 fully saturated rings. The van der Waals surface area contributed by atoms with Crippen molar-refractivity contribution in [1.82, 2.24) is 9.58 Å². The fraction of sp³-hybridized carbons (Fsp3) is 0.142. The standard InChI is InChI=1S/C25H23Cl2N3O3.C22H14Cl2O2.C15H12Cl2O2.C15H12Cl2O.C15H10Cl2O.C14H10ClIO2.C7H4ClIO2/c1-14(2)28-13-30(29-10-9-21(31)24(32)23(29)25(28)33)22-19-7-5-17(26)11-15(19)3-4-16-12-18(27)6-8-20(16)22;23-19-8-4-7-16(13-19)9-10-18-14-20(24)11-12-21(18)22(25)26-15-17-5-2-1-3-6-17;16-12-3-1-2-10(8-12)4-5-11-9-13(17)6-7-14(11)15(18)19;2*16-11-3-5-13-9(7-11)1-2-10-8-12(17)4-6-14(10)15(13)18;15-11-6-7-12(13(16)8-11)14(17)18-9-10-4-2-1-3-5-10;8-4-1-2-5(7(10)11)6(9)3-4/h5-12,14,22,32H,3-4,13H2,1-2H3;1-8,11-14H,15H2;1-3,6-9H,4-5H2,(H,18,19);3-8,15,18H,1-2H2;3-8H,1-2H2;1-8H,9H2;1-3H,(H,10,11). The Bertz CT molecular complexity index is 7250. The van der Waals surface area contributed by atoms with E-state index in [1.807, 2.05) is 236 Å². The molecule has 0 atom stereocenters. The number of aromatic nitrogens is 1. The number of carboxylic acids is 2. The highest BCUT2D eigenvalue weighted by Crippen LogP contribution is 2.42. The van der Waals surface area contributed by atoms with E-state index in [0.717, 1.165) is 143 Å². The van der Waals surface area contributed by atoms with Gasteiger partial charge < -0.3 is 34.8 Å². The smallest absolute Gasteiger partial charge is 0.339 e. The lowest BCUT2D eigenvalue weighted by Crippen LogP contribution is -2.57. The maximum Gasteiger partial charge on any atom is 0.339 e. The number of carbonyl (C=O) groups excluding carboxylic acids is 4. The van der Waals surface area contributed by atoms with E-state index in [2.05, 4.69) is 34.4 Å². The zero-order valence-corrected chi connectivity index (χ0v) is 89.4. The number of ether oxygens (including phenoxy) is 2. The van der Waals surface area contributed by atoms with Crippen LogP contribution in [-0.4, -0.2) is 78.3 Å². The molecule has 0 unspecified atom stereocenters. The molecule has 0 saturated heterocycles. The second kappa shape index (κ2) is 51.7. The van der Waals surface area contributed by atoms with Crippen LogP contribution in [0.15, 0.2) is 308 Å². The number of aliphatic hydroxyl groups is 1. The third-order valence-corrected chi connectivity index (χ3v) is 27.8. The molecule has 0 bridgehead atoms. The summed E-state index contributed by atoms with van der Waals surface area (Å²) < 4.78 is 13.7. The second-order valence-corrected chi connectivity index (χ2v) is 40.7. The van der Waals surface area contributed by atoms with Crippen LogP contribution in [0.2, 0.25) is 60.3 Å². The number of aromatic hydroxyl groups is 1. The summed E-state index contributed by atoms with van der Waals surface area (Å²) in [7, 11) is 0. The summed E-state index contributed by atoms with van der Waals surface area (Å²) in [5.41, 5.74) is 17.8. The van der Waals surface area contributed by atoms with E-state index in [1.54, 1.807) is 101 Å². The van der Waals surface area contributed by atoms with Crippen molar-refractivity contribution in [2.24, 2.45) is 0 Å². The van der Waals surface area contributed by atoms with Crippen LogP contribution in [0.1, 0.15) is 183 Å². The van der Waals surface area contributed by atoms with Gasteiger partial charge in [0, 0.05) is 108 Å². The van der Waals surface area contributed by atoms with Crippen LogP contribution >= 0.6 is 184 Å². The number of amides is 1. The van der Waals surface area contributed by atoms with Gasteiger partial charge in [0.25, 0.3) is 5.91 Å². The van der Waals surface area contributed by atoms with Crippen molar-refractivity contribution >= 4 is 220 Å². The third kappa shape index (κ3) is 29.7. The van der Waals surface area contributed by atoms with Gasteiger partial charge in [-0.15, -0.1) is 0 Å². The highest BCUT2D eigenvalue weighted by atomic mass is 127. The van der Waals surface area contributed by atoms with Crippen molar-refractivity contribution in [1.29, 1.82) is 0 Å². The summed E-state index contributed by atoms with van der Waals surface area (Å²) in [5, 5.41) is 48.4. The van der Waals surface area contributed by atoms with Gasteiger partial charge in [-0.25, -0.2) is 19.2 Å². The number of rotatable bonds is 13. The molecule has 1 aliphatic heterocycles. The molecular formula is C113H85Cl12I2N3O13. The maximum atomic E-state index is 13.3. The van der Waals surface area contributed by atoms with Gasteiger partial charge in [-0.2, -0.15) is 0 Å². The number of aliphatic hydroxyl groups excluding tert-OH is 1. The van der Waals surface area contributed by atoms with E-state index in [-0.39, 0.29) is 60.9 Å². The van der Waals surface area contributed by atoms with Crippen molar-refractivity contribution in [3.63, 3.8) is 0 Å². The van der Waals surface area contributed by atoms with Gasteiger partial charge in [-0.1, -0.05) is 254 Å². The Hall–Kier alpha value is -10.9. The predicted molar refractivity (Wildman–Crippen MR) is 590 cm³/mol. The van der Waals surface area contributed by atoms with Crippen molar-refractivity contribution in [3.05, 3.63) is 509 Å². The molecule has 143 heavy (non-hydrogen) atoms. The van der Waals surface area contributed by atoms with Gasteiger partial charge >= 0.3 is 23.9 Å². The summed E-state index contributed by atoms with van der Waals surface area (Å²) >= 11 is 76.0. The summed E-state index contributed by atoms with van der Waals surface area (Å²) in [6.45, 7) is 4.58. The quantitative estimate of drug-likeness (QED) is 0.0478. The molecule has 15 aromatic rings. The third-order valence-electron chi connectivity index (χ3n) is 23.2. The molecule has 19 rings (SSSR count). The Morgan fingerprint density at radius 1 is 0.392 bits per heavy atom. The molecule has 0 radical (unpaired) electrons. The van der Waals surface area contributed by atoms with E-state index in [9.17, 15) is 43.8 Å². The lowest BCUT2D eigenvalue weighted by atomic mass is 9.94. The number of carbonyl (C=O) groups is 6. The van der Waals surface area contributed by atoms with Gasteiger partial charge in [0.2, 0.25) is 5.43 Å². The number of hydrogen-bond acceptors (Lipinski definition) is 12. The fourth-order valence-corrected chi connectivity index (χ4v) is 20.3. The number of hydrogen-bond donors (Lipinski definition) is 4. The zero-order chi connectivity index (χ0) is 102. The van der Waals surface area contributed by atoms with E-state index in [4.69, 9.17) is 159 Å². The highest BCUT2D eigenvalue weighted by Gasteiger charge is 2.40. The minimum Gasteiger partial charge on any atom is -0.502 e. The fourth-order valence-electron chi connectivity index (χ4n) is 16.2. The van der Waals surface area contributed by atoms with Crippen LogP contribution in [0.3, 0.4) is 0 Å². The first-order valence-corrected chi connectivity index (χ1v) is 51.0. The predicted octanol–water partition coefficient (Wildman–Crippen LogP) is 30.2. The zero-order valence-electron chi connectivity index (χ0n) is 76.0. The number of halogens is 14. The molecule has 16 nitrogen and oxygen atoms in total. The van der Waals surface area contributed by atoms with Gasteiger partial charge in [0.05, 0.1) is 28.3 Å². The molecule has 30 heteroatoms. The van der Waals surface area contributed by atoms with Crippen molar-refractivity contribution in [2.75, 3.05) is 11.7 Å². The summed E-state index contributed by atoms with van der Waals surface area (Å²) in [6, 6.07) is 88.2. The molecule has 4 aliphatic rings. The minimum atomic E-state index is -0.933. The maximum absolute atomic E-state index is 13.3. The van der Waals surface area contributed by atoms with Crippen LogP contribution in [0, 0.1) is 19.0 Å². The average Bonchev–Trinajstić information content (AvgIpc) is 1.73. The Balaban J connectivity index is 0.000000143. The van der Waals surface area contributed by atoms with E-state index in [0.29, 0.717) is 92.5 Å². The summed E-state index contributed by atoms with van der Waals surface area (Å²) in [5.74, 6) is 2.49. The number of fused-ring (bicyclic) bond motifs is 7. The van der Waals surface area contributed by atoms with Gasteiger partial charge in [0.1, 0.15) is 26.0 Å². The Labute approximate surface area is 914 Å². The Morgan fingerprint density at radius 2 is 0.776 bits per heavy atom. The highest BCUT2D eigenvalue weighted by molar-refractivity contribution is 14.1. The number of ketones is 1. The van der Waals surface area contributed by atoms with Crippen LogP contribution in [0.25, 0.3) is 0 Å². The van der Waals surface area contributed by atoms with E-state index in [1.165, 1.54) is 18.2 Å². The monoisotopic (exact) mass is 2370 g/mol. The molecule has 0 spiro atoms. The molecule has 3 aliphatic carbocycles. The number of benzene rings is 14. The second-order valence-electron chi connectivity index (χ2n) is 33.1. The molecule has 1 amide bonds. The number of aromatic carboxylic acids is 2. The van der Waals surface area contributed by atoms with Crippen molar-refractivity contribution in [2.45, 2.75) is 96.6 Å². The lowest BCUT2D eigenvalue weighted by molar-refractivity contribution is 0.0463. The van der Waals surface area contributed by atoms with Gasteiger partial charge in [-0.3, -0.25) is 24.1 Å². The number of nitrogens with zero attached hydrogens (tertiary/aromatic N) is 3. The number of carboxylic acid groups (broad SMARTS) is 2. The van der Waals surface area contributed by atoms with Crippen molar-refractivity contribution in [3.8, 4) is 17.6 Å². The average molecular weight is 2370 g/mol. The first-order valence-electron chi connectivity index (χ1n) is 44.4. The van der Waals surface area contributed by atoms with Crippen LogP contribution < -0.4 is 10.4 Å². The summed E-state index contributed by atoms with van der Waals surface area (Å²) in [6.07, 6.45) is 7.27. The molecule has 4 N–H and O–H groups in total. The summed E-state index contributed by atoms with van der Waals surface area (Å²) in [4.78, 5) is 85.6. The SMILES string of the molecule is CC(C)N1CN(C2c3ccc(Cl)cc3CCc3cc(Cl)ccc32)n2ccc(=O)c(O)c2C1=O.O=C(O)c1ccc(Cl)cc1CCc1cccc(Cl)c1.O=C(O)c1ccc(Cl)cc1I.O=C(OCc1ccccc1)c1ccc(Cl)cc1C#Cc1cccc(Cl)c1.O=C(OCc1ccccc1)c1ccc(Cl)cc1I.O=C1c2ccc(Cl)cc2CCc2cc(Cl)ccc21.OC1c2ccc(Cl)cc2CCc2cc(Cl)ccc21. The Morgan fingerprint density at radius 3 is 1.24 bits per heavy atom. The first-order chi connectivity index (χ1) is 68.5. The minimum absolute atomic E-state index is 0.0299. The van der Waals surface area contributed by atoms with Gasteiger partial charge in [-0.05, 0) is 376 Å². The largest absolute Gasteiger partial charge is 0.502 e. The van der Waals surface area contributed by atoms with E-state index < -0.39 is 35.2 Å². The normalized spacial score (nSPS) is 12.5. The first kappa shape index (κ1) is 109. The Kier molecular flexibility index (Phi) is 39.6. The molecule has 1 aromatic heterocycles. The molecule has 0 saturated carbocycles.